The van der Waals surface area contributed by atoms with Gasteiger partial charge in [0.15, 0.2) is 11.6 Å². The van der Waals surface area contributed by atoms with Crippen LogP contribution in [0, 0.1) is 5.82 Å². The van der Waals surface area contributed by atoms with Crippen molar-refractivity contribution in [1.82, 2.24) is 9.97 Å². The minimum absolute atomic E-state index is 0.132. The molecule has 0 aliphatic rings. The molecule has 0 bridgehead atoms. The standard InChI is InChI=1S/C10H7ClFN3/c11-7-4-9(12)10(14-5-7)15-8-2-1-3-13-6-8/h1-6H,(H,14,15). The first-order valence-electron chi connectivity index (χ1n) is 4.24. The van der Waals surface area contributed by atoms with E-state index in [-0.39, 0.29) is 10.8 Å². The molecular formula is C10H7ClFN3. The van der Waals surface area contributed by atoms with Crippen molar-refractivity contribution >= 4 is 23.1 Å². The maximum absolute atomic E-state index is 13.3. The Morgan fingerprint density at radius 1 is 1.33 bits per heavy atom. The number of anilines is 2. The van der Waals surface area contributed by atoms with Crippen molar-refractivity contribution in [2.24, 2.45) is 0 Å². The molecule has 3 nitrogen and oxygen atoms in total. The minimum atomic E-state index is -0.494. The number of pyridine rings is 2. The molecule has 0 aliphatic carbocycles. The zero-order valence-electron chi connectivity index (χ0n) is 7.61. The quantitative estimate of drug-likeness (QED) is 0.851. The van der Waals surface area contributed by atoms with E-state index in [1.807, 2.05) is 0 Å². The Labute approximate surface area is 90.9 Å². The van der Waals surface area contributed by atoms with Crippen LogP contribution in [0.3, 0.4) is 0 Å². The molecule has 5 heteroatoms. The number of hydrogen-bond acceptors (Lipinski definition) is 3. The lowest BCUT2D eigenvalue weighted by Crippen LogP contribution is -1.96. The molecule has 2 rings (SSSR count). The molecule has 0 radical (unpaired) electrons. The fraction of sp³-hybridized carbons (Fsp3) is 0. The van der Waals surface area contributed by atoms with Crippen molar-refractivity contribution in [3.63, 3.8) is 0 Å². The highest BCUT2D eigenvalue weighted by Gasteiger charge is 2.04. The Kier molecular flexibility index (Phi) is 2.78. The predicted molar refractivity (Wildman–Crippen MR) is 56.7 cm³/mol. The van der Waals surface area contributed by atoms with Crippen LogP contribution >= 0.6 is 11.6 Å². The molecule has 2 aromatic rings. The Morgan fingerprint density at radius 3 is 2.87 bits per heavy atom. The summed E-state index contributed by atoms with van der Waals surface area (Å²) in [4.78, 5) is 7.72. The summed E-state index contributed by atoms with van der Waals surface area (Å²) in [5, 5.41) is 3.06. The molecule has 0 saturated carbocycles. The lowest BCUT2D eigenvalue weighted by atomic mass is 10.4. The summed E-state index contributed by atoms with van der Waals surface area (Å²) < 4.78 is 13.3. The molecular weight excluding hydrogens is 217 g/mol. The SMILES string of the molecule is Fc1cc(Cl)cnc1Nc1cccnc1. The highest BCUT2D eigenvalue weighted by molar-refractivity contribution is 6.30. The van der Waals surface area contributed by atoms with Gasteiger partial charge in [0.05, 0.1) is 16.9 Å². The molecule has 2 heterocycles. The molecule has 0 fully saturated rings. The molecule has 0 saturated heterocycles. The average molecular weight is 224 g/mol. The van der Waals surface area contributed by atoms with Crippen molar-refractivity contribution in [3.8, 4) is 0 Å². The van der Waals surface area contributed by atoms with Crippen molar-refractivity contribution < 1.29 is 4.39 Å². The molecule has 0 aliphatic heterocycles. The summed E-state index contributed by atoms with van der Waals surface area (Å²) in [5.74, 6) is -0.362. The van der Waals surface area contributed by atoms with Gasteiger partial charge < -0.3 is 5.32 Å². The van der Waals surface area contributed by atoms with E-state index in [0.717, 1.165) is 0 Å². The summed E-state index contributed by atoms with van der Waals surface area (Å²) in [6.07, 6.45) is 4.59. The highest BCUT2D eigenvalue weighted by atomic mass is 35.5. The van der Waals surface area contributed by atoms with Gasteiger partial charge in [-0.1, -0.05) is 11.6 Å². The van der Waals surface area contributed by atoms with E-state index < -0.39 is 5.82 Å². The number of aromatic nitrogens is 2. The average Bonchev–Trinajstić information content (AvgIpc) is 2.24. The van der Waals surface area contributed by atoms with Crippen LogP contribution in [0.15, 0.2) is 36.8 Å². The van der Waals surface area contributed by atoms with Crippen LogP contribution in [0.25, 0.3) is 0 Å². The van der Waals surface area contributed by atoms with E-state index in [0.29, 0.717) is 5.69 Å². The number of hydrogen-bond donors (Lipinski definition) is 1. The summed E-state index contributed by atoms with van der Waals surface area (Å²) in [5.41, 5.74) is 0.672. The topological polar surface area (TPSA) is 37.8 Å². The van der Waals surface area contributed by atoms with Gasteiger partial charge in [-0.2, -0.15) is 0 Å². The number of halogens is 2. The third kappa shape index (κ3) is 2.41. The highest BCUT2D eigenvalue weighted by Crippen LogP contribution is 2.19. The molecule has 1 N–H and O–H groups in total. The van der Waals surface area contributed by atoms with Crippen LogP contribution in [-0.4, -0.2) is 9.97 Å². The van der Waals surface area contributed by atoms with E-state index >= 15 is 0 Å². The van der Waals surface area contributed by atoms with Crippen LogP contribution in [0.2, 0.25) is 5.02 Å². The van der Waals surface area contributed by atoms with Gasteiger partial charge in [-0.05, 0) is 18.2 Å². The molecule has 0 spiro atoms. The fourth-order valence-electron chi connectivity index (χ4n) is 1.08. The summed E-state index contributed by atoms with van der Waals surface area (Å²) in [7, 11) is 0. The van der Waals surface area contributed by atoms with Crippen molar-refractivity contribution in [2.75, 3.05) is 5.32 Å². The molecule has 0 amide bonds. The second-order valence-electron chi connectivity index (χ2n) is 2.85. The van der Waals surface area contributed by atoms with Crippen LogP contribution < -0.4 is 5.32 Å². The third-order valence-corrected chi connectivity index (χ3v) is 1.94. The molecule has 76 valence electrons. The summed E-state index contributed by atoms with van der Waals surface area (Å²) in [6, 6.07) is 4.71. The lowest BCUT2D eigenvalue weighted by Gasteiger charge is -2.05. The Balaban J connectivity index is 2.25. The van der Waals surface area contributed by atoms with Gasteiger partial charge in [0.1, 0.15) is 0 Å². The maximum atomic E-state index is 13.3. The van der Waals surface area contributed by atoms with E-state index in [1.165, 1.54) is 12.3 Å². The van der Waals surface area contributed by atoms with Crippen molar-refractivity contribution in [2.45, 2.75) is 0 Å². The number of nitrogens with one attached hydrogen (secondary N) is 1. The zero-order valence-corrected chi connectivity index (χ0v) is 8.37. The van der Waals surface area contributed by atoms with Gasteiger partial charge in [0.25, 0.3) is 0 Å². The van der Waals surface area contributed by atoms with Gasteiger partial charge in [-0.3, -0.25) is 4.98 Å². The van der Waals surface area contributed by atoms with E-state index in [4.69, 9.17) is 11.6 Å². The lowest BCUT2D eigenvalue weighted by molar-refractivity contribution is 0.626. The van der Waals surface area contributed by atoms with Crippen LogP contribution in [-0.2, 0) is 0 Å². The number of nitrogens with zero attached hydrogens (tertiary/aromatic N) is 2. The Morgan fingerprint density at radius 2 is 2.20 bits per heavy atom. The van der Waals surface area contributed by atoms with Gasteiger partial charge in [-0.25, -0.2) is 9.37 Å². The first-order chi connectivity index (χ1) is 7.25. The predicted octanol–water partition coefficient (Wildman–Crippen LogP) is 3.01. The van der Waals surface area contributed by atoms with Crippen LogP contribution in [0.5, 0.6) is 0 Å². The summed E-state index contributed by atoms with van der Waals surface area (Å²) in [6.45, 7) is 0. The van der Waals surface area contributed by atoms with Crippen LogP contribution in [0.4, 0.5) is 15.9 Å². The van der Waals surface area contributed by atoms with Gasteiger partial charge in [0, 0.05) is 12.4 Å². The summed E-state index contributed by atoms with van der Waals surface area (Å²) >= 11 is 5.58. The maximum Gasteiger partial charge on any atom is 0.167 e. The zero-order chi connectivity index (χ0) is 10.7. The monoisotopic (exact) mass is 223 g/mol. The molecule has 15 heavy (non-hydrogen) atoms. The molecule has 0 atom stereocenters. The van der Waals surface area contributed by atoms with E-state index in [9.17, 15) is 4.39 Å². The minimum Gasteiger partial charge on any atom is -0.337 e. The fourth-order valence-corrected chi connectivity index (χ4v) is 1.22. The van der Waals surface area contributed by atoms with E-state index in [2.05, 4.69) is 15.3 Å². The molecule has 2 aromatic heterocycles. The number of rotatable bonds is 2. The largest absolute Gasteiger partial charge is 0.337 e. The smallest absolute Gasteiger partial charge is 0.167 e. The molecule has 0 unspecified atom stereocenters. The first-order valence-corrected chi connectivity index (χ1v) is 4.61. The van der Waals surface area contributed by atoms with Gasteiger partial charge in [0.2, 0.25) is 0 Å². The van der Waals surface area contributed by atoms with Crippen LogP contribution in [0.1, 0.15) is 0 Å². The normalized spacial score (nSPS) is 10.0. The molecule has 0 aromatic carbocycles. The Hall–Kier alpha value is -1.68. The first kappa shape index (κ1) is 9.86. The van der Waals surface area contributed by atoms with E-state index in [1.54, 1.807) is 24.5 Å². The second-order valence-corrected chi connectivity index (χ2v) is 3.29. The van der Waals surface area contributed by atoms with Crippen molar-refractivity contribution in [1.29, 1.82) is 0 Å². The van der Waals surface area contributed by atoms with Crippen molar-refractivity contribution in [3.05, 3.63) is 47.6 Å². The van der Waals surface area contributed by atoms with Gasteiger partial charge >= 0.3 is 0 Å². The van der Waals surface area contributed by atoms with Gasteiger partial charge in [-0.15, -0.1) is 0 Å². The second kappa shape index (κ2) is 4.23. The Bertz CT molecular complexity index is 461. The third-order valence-electron chi connectivity index (χ3n) is 1.73.